The van der Waals surface area contributed by atoms with Gasteiger partial charge in [-0.2, -0.15) is 0 Å². The Bertz CT molecular complexity index is 136. The molecule has 1 heterocycles. The maximum absolute atomic E-state index is 10.4. The zero-order valence-corrected chi connectivity index (χ0v) is 6.34. The molecule has 1 amide bonds. The lowest BCUT2D eigenvalue weighted by Gasteiger charge is -2.11. The molecule has 0 saturated carbocycles. The SMILES string of the molecule is CC1CCN(CC(N)=O)C1. The fraction of sp³-hybridized carbons (Fsp3) is 0.857. The maximum atomic E-state index is 10.4. The van der Waals surface area contributed by atoms with Crippen LogP contribution in [0.25, 0.3) is 0 Å². The van der Waals surface area contributed by atoms with Crippen molar-refractivity contribution in [2.75, 3.05) is 19.6 Å². The summed E-state index contributed by atoms with van der Waals surface area (Å²) in [5.41, 5.74) is 5.04. The van der Waals surface area contributed by atoms with Crippen molar-refractivity contribution >= 4 is 5.91 Å². The first-order valence-electron chi connectivity index (χ1n) is 3.69. The van der Waals surface area contributed by atoms with Crippen LogP contribution in [-0.4, -0.2) is 30.4 Å². The van der Waals surface area contributed by atoms with E-state index in [4.69, 9.17) is 5.73 Å². The molecule has 1 aliphatic heterocycles. The third-order valence-corrected chi connectivity index (χ3v) is 1.89. The molecule has 0 spiro atoms. The Morgan fingerprint density at radius 2 is 2.50 bits per heavy atom. The van der Waals surface area contributed by atoms with Gasteiger partial charge in [-0.3, -0.25) is 9.69 Å². The first kappa shape index (κ1) is 7.54. The van der Waals surface area contributed by atoms with Crippen molar-refractivity contribution in [3.05, 3.63) is 0 Å². The highest BCUT2D eigenvalue weighted by atomic mass is 16.1. The topological polar surface area (TPSA) is 46.3 Å². The summed E-state index contributed by atoms with van der Waals surface area (Å²) in [6, 6.07) is 0. The van der Waals surface area contributed by atoms with Crippen LogP contribution in [0.4, 0.5) is 0 Å². The second kappa shape index (κ2) is 3.01. The van der Waals surface area contributed by atoms with Gasteiger partial charge in [-0.1, -0.05) is 6.92 Å². The number of nitrogens with zero attached hydrogens (tertiary/aromatic N) is 1. The van der Waals surface area contributed by atoms with Crippen molar-refractivity contribution in [1.82, 2.24) is 4.90 Å². The number of carbonyl (C=O) groups is 1. The van der Waals surface area contributed by atoms with Crippen LogP contribution in [0.1, 0.15) is 13.3 Å². The van der Waals surface area contributed by atoms with Crippen molar-refractivity contribution in [1.29, 1.82) is 0 Å². The van der Waals surface area contributed by atoms with E-state index in [1.165, 1.54) is 6.42 Å². The van der Waals surface area contributed by atoms with Crippen LogP contribution >= 0.6 is 0 Å². The average molecular weight is 142 g/mol. The minimum absolute atomic E-state index is 0.214. The number of nitrogens with two attached hydrogens (primary N) is 1. The molecule has 1 atom stereocenters. The van der Waals surface area contributed by atoms with E-state index in [2.05, 4.69) is 11.8 Å². The molecular weight excluding hydrogens is 128 g/mol. The summed E-state index contributed by atoms with van der Waals surface area (Å²) in [5.74, 6) is 0.522. The Hall–Kier alpha value is -0.570. The highest BCUT2D eigenvalue weighted by Gasteiger charge is 2.19. The molecule has 58 valence electrons. The zero-order valence-electron chi connectivity index (χ0n) is 6.34. The molecule has 1 fully saturated rings. The first-order chi connectivity index (χ1) is 4.68. The second-order valence-corrected chi connectivity index (χ2v) is 3.10. The summed E-state index contributed by atoms with van der Waals surface area (Å²) >= 11 is 0. The number of hydrogen-bond donors (Lipinski definition) is 1. The predicted octanol–water partition coefficient (Wildman–Crippen LogP) is -0.187. The largest absolute Gasteiger partial charge is 0.369 e. The lowest BCUT2D eigenvalue weighted by atomic mass is 10.2. The molecule has 10 heavy (non-hydrogen) atoms. The molecule has 1 aliphatic rings. The standard InChI is InChI=1S/C7H14N2O/c1-6-2-3-9(4-6)5-7(8)10/h6H,2-5H2,1H3,(H2,8,10). The van der Waals surface area contributed by atoms with Crippen LogP contribution in [0, 0.1) is 5.92 Å². The Balaban J connectivity index is 2.24. The van der Waals surface area contributed by atoms with E-state index in [9.17, 15) is 4.79 Å². The third-order valence-electron chi connectivity index (χ3n) is 1.89. The Kier molecular flexibility index (Phi) is 2.27. The molecule has 0 bridgehead atoms. The highest BCUT2D eigenvalue weighted by Crippen LogP contribution is 2.13. The van der Waals surface area contributed by atoms with Gasteiger partial charge < -0.3 is 5.73 Å². The summed E-state index contributed by atoms with van der Waals surface area (Å²) in [6.07, 6.45) is 1.20. The van der Waals surface area contributed by atoms with E-state index in [0.717, 1.165) is 19.0 Å². The Labute approximate surface area is 61.2 Å². The van der Waals surface area contributed by atoms with E-state index in [-0.39, 0.29) is 5.91 Å². The van der Waals surface area contributed by atoms with Crippen molar-refractivity contribution in [3.8, 4) is 0 Å². The van der Waals surface area contributed by atoms with Crippen LogP contribution in [0.2, 0.25) is 0 Å². The maximum Gasteiger partial charge on any atom is 0.231 e. The van der Waals surface area contributed by atoms with Gasteiger partial charge in [0.1, 0.15) is 0 Å². The van der Waals surface area contributed by atoms with Crippen molar-refractivity contribution < 1.29 is 4.79 Å². The van der Waals surface area contributed by atoms with Crippen LogP contribution in [0.5, 0.6) is 0 Å². The number of likely N-dealkylation sites (tertiary alicyclic amines) is 1. The van der Waals surface area contributed by atoms with Crippen LogP contribution in [-0.2, 0) is 4.79 Å². The fourth-order valence-electron chi connectivity index (χ4n) is 1.39. The van der Waals surface area contributed by atoms with Gasteiger partial charge in [-0.05, 0) is 18.9 Å². The lowest BCUT2D eigenvalue weighted by Crippen LogP contribution is -2.31. The van der Waals surface area contributed by atoms with Gasteiger partial charge in [0.05, 0.1) is 6.54 Å². The van der Waals surface area contributed by atoms with Crippen molar-refractivity contribution in [3.63, 3.8) is 0 Å². The number of primary amides is 1. The smallest absolute Gasteiger partial charge is 0.231 e. The molecule has 1 unspecified atom stereocenters. The van der Waals surface area contributed by atoms with Gasteiger partial charge in [-0.15, -0.1) is 0 Å². The van der Waals surface area contributed by atoms with Crippen molar-refractivity contribution in [2.45, 2.75) is 13.3 Å². The first-order valence-corrected chi connectivity index (χ1v) is 3.69. The number of hydrogen-bond acceptors (Lipinski definition) is 2. The minimum atomic E-state index is -0.214. The average Bonchev–Trinajstić information content (AvgIpc) is 2.13. The van der Waals surface area contributed by atoms with Gasteiger partial charge in [0, 0.05) is 6.54 Å². The van der Waals surface area contributed by atoms with E-state index in [1.807, 2.05) is 0 Å². The summed E-state index contributed by atoms with van der Waals surface area (Å²) in [6.45, 7) is 4.69. The molecule has 0 aromatic heterocycles. The van der Waals surface area contributed by atoms with E-state index >= 15 is 0 Å². The van der Waals surface area contributed by atoms with Gasteiger partial charge in [0.2, 0.25) is 5.91 Å². The van der Waals surface area contributed by atoms with Crippen LogP contribution in [0.3, 0.4) is 0 Å². The molecule has 3 nitrogen and oxygen atoms in total. The molecule has 0 aromatic carbocycles. The van der Waals surface area contributed by atoms with Gasteiger partial charge in [0.25, 0.3) is 0 Å². The molecule has 1 saturated heterocycles. The molecule has 1 rings (SSSR count). The summed E-state index contributed by atoms with van der Waals surface area (Å²) in [7, 11) is 0. The molecule has 2 N–H and O–H groups in total. The zero-order chi connectivity index (χ0) is 7.56. The highest BCUT2D eigenvalue weighted by molar-refractivity contribution is 5.75. The monoisotopic (exact) mass is 142 g/mol. The second-order valence-electron chi connectivity index (χ2n) is 3.10. The predicted molar refractivity (Wildman–Crippen MR) is 39.4 cm³/mol. The van der Waals surface area contributed by atoms with E-state index in [1.54, 1.807) is 0 Å². The van der Waals surface area contributed by atoms with Gasteiger partial charge >= 0.3 is 0 Å². The normalized spacial score (nSPS) is 27.1. The van der Waals surface area contributed by atoms with Crippen molar-refractivity contribution in [2.24, 2.45) is 11.7 Å². The van der Waals surface area contributed by atoms with E-state index in [0.29, 0.717) is 6.54 Å². The van der Waals surface area contributed by atoms with Crippen LogP contribution < -0.4 is 5.73 Å². The number of amides is 1. The quantitative estimate of drug-likeness (QED) is 0.581. The van der Waals surface area contributed by atoms with Gasteiger partial charge in [0.15, 0.2) is 0 Å². The summed E-state index contributed by atoms with van der Waals surface area (Å²) in [5, 5.41) is 0. The van der Waals surface area contributed by atoms with E-state index < -0.39 is 0 Å². The molecule has 0 radical (unpaired) electrons. The summed E-state index contributed by atoms with van der Waals surface area (Å²) < 4.78 is 0. The molecule has 0 aromatic rings. The Morgan fingerprint density at radius 1 is 1.80 bits per heavy atom. The minimum Gasteiger partial charge on any atom is -0.369 e. The molecule has 0 aliphatic carbocycles. The third kappa shape index (κ3) is 1.99. The molecule has 3 heteroatoms. The number of carbonyl (C=O) groups excluding carboxylic acids is 1. The molecular formula is C7H14N2O. The van der Waals surface area contributed by atoms with Gasteiger partial charge in [-0.25, -0.2) is 0 Å². The number of rotatable bonds is 2. The summed E-state index contributed by atoms with van der Waals surface area (Å²) in [4.78, 5) is 12.5. The fourth-order valence-corrected chi connectivity index (χ4v) is 1.39. The van der Waals surface area contributed by atoms with Crippen LogP contribution in [0.15, 0.2) is 0 Å². The lowest BCUT2D eigenvalue weighted by molar-refractivity contribution is -0.118. The Morgan fingerprint density at radius 3 is 2.90 bits per heavy atom.